The molecule has 6 atom stereocenters. The van der Waals surface area contributed by atoms with Crippen LogP contribution in [0.25, 0.3) is 21.6 Å². The molecule has 3 amide bonds. The summed E-state index contributed by atoms with van der Waals surface area (Å²) < 4.78 is 42.6. The molecule has 0 radical (unpaired) electrons. The summed E-state index contributed by atoms with van der Waals surface area (Å²) in [6, 6.07) is 6.31. The van der Waals surface area contributed by atoms with Gasteiger partial charge in [-0.1, -0.05) is 26.0 Å². The Morgan fingerprint density at radius 1 is 1.24 bits per heavy atom. The molecule has 2 aliphatic heterocycles. The first-order valence-electron chi connectivity index (χ1n) is 16.4. The van der Waals surface area contributed by atoms with E-state index < -0.39 is 52.8 Å². The zero-order chi connectivity index (χ0) is 34.9. The molecule has 3 aromatic rings. The number of carbonyl (C=O) groups excluding carboxylic acids is 3. The lowest BCUT2D eigenvalue weighted by atomic mass is 10.1. The molecule has 3 aliphatic rings. The molecule has 1 aliphatic carbocycles. The van der Waals surface area contributed by atoms with Crippen molar-refractivity contribution in [3.63, 3.8) is 0 Å². The summed E-state index contributed by atoms with van der Waals surface area (Å²) in [6.45, 7) is 6.27. The van der Waals surface area contributed by atoms with Gasteiger partial charge in [0.25, 0.3) is 11.8 Å². The molecule has 262 valence electrons. The van der Waals surface area contributed by atoms with Crippen LogP contribution in [-0.2, 0) is 30.4 Å². The van der Waals surface area contributed by atoms with Crippen LogP contribution in [0.4, 0.5) is 0 Å². The number of fused-ring (bicyclic) bond motifs is 3. The highest BCUT2D eigenvalue weighted by Crippen LogP contribution is 2.46. The second kappa shape index (κ2) is 14.5. The van der Waals surface area contributed by atoms with E-state index in [1.807, 2.05) is 46.5 Å². The summed E-state index contributed by atoms with van der Waals surface area (Å²) in [5.41, 5.74) is 0.764. The van der Waals surface area contributed by atoms with Gasteiger partial charge in [-0.15, -0.1) is 11.3 Å². The number of ether oxygens (including phenoxy) is 3. The van der Waals surface area contributed by atoms with E-state index in [2.05, 4.69) is 19.2 Å². The largest absolute Gasteiger partial charge is 0.755 e. The predicted octanol–water partition coefficient (Wildman–Crippen LogP) is 3.77. The van der Waals surface area contributed by atoms with Crippen molar-refractivity contribution in [2.45, 2.75) is 82.6 Å². The molecule has 15 heteroatoms. The van der Waals surface area contributed by atoms with E-state index in [-0.39, 0.29) is 31.2 Å². The average molecular weight is 711 g/mol. The summed E-state index contributed by atoms with van der Waals surface area (Å²) in [5.74, 6) is -0.774. The van der Waals surface area contributed by atoms with Crippen molar-refractivity contribution in [2.24, 2.45) is 5.92 Å². The number of hydrogen-bond acceptors (Lipinski definition) is 11. The average Bonchev–Trinajstić information content (AvgIpc) is 3.38. The number of rotatable bonds is 7. The number of amides is 3. The first-order chi connectivity index (χ1) is 23.5. The second-order valence-corrected chi connectivity index (χ2v) is 14.5. The molecule has 6 unspecified atom stereocenters. The van der Waals surface area contributed by atoms with Crippen LogP contribution in [0, 0.1) is 5.92 Å². The number of nitrogens with zero attached hydrogens (tertiary/aromatic N) is 3. The van der Waals surface area contributed by atoms with Gasteiger partial charge < -0.3 is 29.0 Å². The van der Waals surface area contributed by atoms with Crippen LogP contribution in [0.15, 0.2) is 41.8 Å². The third-order valence-corrected chi connectivity index (χ3v) is 10.5. The fraction of sp³-hybridized carbons (Fsp3) is 0.500. The number of pyridine rings is 1. The van der Waals surface area contributed by atoms with Crippen LogP contribution >= 0.6 is 11.3 Å². The highest BCUT2D eigenvalue weighted by molar-refractivity contribution is 7.77. The number of nitrogens with one attached hydrogen (secondary N) is 2. The molecule has 13 nitrogen and oxygen atoms in total. The Hall–Kier alpha value is -3.92. The summed E-state index contributed by atoms with van der Waals surface area (Å²) in [7, 11) is 1.58. The smallest absolute Gasteiger partial charge is 0.257 e. The van der Waals surface area contributed by atoms with Gasteiger partial charge in [-0.2, -0.15) is 0 Å². The minimum atomic E-state index is -2.86. The normalized spacial score (nSPS) is 26.7. The van der Waals surface area contributed by atoms with Crippen LogP contribution in [0.5, 0.6) is 11.5 Å². The lowest BCUT2D eigenvalue weighted by Crippen LogP contribution is -2.56. The first-order valence-corrected chi connectivity index (χ1v) is 18.4. The first kappa shape index (κ1) is 34.9. The monoisotopic (exact) mass is 710 g/mol. The number of hydrogen-bond donors (Lipinski definition) is 2. The SMILES string of the molecule is COc1ccc2c(OC3CC4C(=O)NC5(C(=O)NS(=O)[O-])CC5C=CCCCCOC(C)C(=O)N4C3)cc(-c3nc(C(C)C)cs3)nc2c1. The van der Waals surface area contributed by atoms with Crippen LogP contribution in [0.3, 0.4) is 0 Å². The van der Waals surface area contributed by atoms with Gasteiger partial charge in [0, 0.05) is 53.1 Å². The molecule has 0 bridgehead atoms. The molecule has 1 saturated heterocycles. The molecule has 2 N–H and O–H groups in total. The Morgan fingerprint density at radius 3 is 2.80 bits per heavy atom. The van der Waals surface area contributed by atoms with Crippen LogP contribution in [-0.4, -0.2) is 85.4 Å². The molecule has 1 saturated carbocycles. The number of thiazole rings is 1. The maximum absolute atomic E-state index is 14.0. The van der Waals surface area contributed by atoms with Crippen molar-refractivity contribution >= 4 is 51.2 Å². The second-order valence-electron chi connectivity index (χ2n) is 13.0. The van der Waals surface area contributed by atoms with Gasteiger partial charge in [0.15, 0.2) is 0 Å². The van der Waals surface area contributed by atoms with E-state index in [9.17, 15) is 23.1 Å². The maximum atomic E-state index is 14.0. The van der Waals surface area contributed by atoms with Crippen molar-refractivity contribution in [1.82, 2.24) is 24.9 Å². The van der Waals surface area contributed by atoms with E-state index in [1.165, 1.54) is 16.2 Å². The highest BCUT2D eigenvalue weighted by atomic mass is 32.2. The quantitative estimate of drug-likeness (QED) is 0.272. The third-order valence-electron chi connectivity index (χ3n) is 9.25. The maximum Gasteiger partial charge on any atom is 0.257 e. The van der Waals surface area contributed by atoms with Gasteiger partial charge in [-0.25, -0.2) is 9.97 Å². The van der Waals surface area contributed by atoms with Crippen molar-refractivity contribution in [3.05, 3.63) is 47.5 Å². The standard InChI is InChI=1S/C34H41N5O8S2/c1-19(2)27-18-48-31(36-27)26-15-29(24-11-10-22(45-4)13-25(24)35-26)47-23-14-28-30(40)37-34(33(42)38-49(43)44)16-21(34)9-7-5-6-8-12-46-20(3)32(41)39(28)17-23/h7,9-11,13,15,18-21,23,28H,5-6,8,12,14,16-17H2,1-4H3,(H,37,40)(H,38,42)(H,43,44)/p-1. The third kappa shape index (κ3) is 7.49. The Labute approximate surface area is 291 Å². The lowest BCUT2D eigenvalue weighted by molar-refractivity contribution is -0.147. The van der Waals surface area contributed by atoms with E-state index >= 15 is 0 Å². The highest BCUT2D eigenvalue weighted by Gasteiger charge is 2.61. The molecule has 4 heterocycles. The topological polar surface area (TPSA) is 172 Å². The Bertz CT molecular complexity index is 1800. The van der Waals surface area contributed by atoms with Gasteiger partial charge >= 0.3 is 0 Å². The molecule has 6 rings (SSSR count). The van der Waals surface area contributed by atoms with Gasteiger partial charge in [0.05, 0.1) is 24.9 Å². The predicted molar refractivity (Wildman–Crippen MR) is 182 cm³/mol. The fourth-order valence-electron chi connectivity index (χ4n) is 6.38. The summed E-state index contributed by atoms with van der Waals surface area (Å²) in [5, 5.41) is 6.28. The minimum absolute atomic E-state index is 0.0851. The fourth-order valence-corrected chi connectivity index (χ4v) is 7.65. The van der Waals surface area contributed by atoms with Crippen molar-refractivity contribution in [3.8, 4) is 22.2 Å². The van der Waals surface area contributed by atoms with Crippen molar-refractivity contribution in [2.75, 3.05) is 20.3 Å². The van der Waals surface area contributed by atoms with Gasteiger partial charge in [0.2, 0.25) is 5.91 Å². The lowest BCUT2D eigenvalue weighted by Gasteiger charge is -2.28. The van der Waals surface area contributed by atoms with Gasteiger partial charge in [-0.3, -0.25) is 23.3 Å². The Morgan fingerprint density at radius 2 is 2.06 bits per heavy atom. The summed E-state index contributed by atoms with van der Waals surface area (Å²) in [4.78, 5) is 52.0. The molecule has 1 aromatic carbocycles. The van der Waals surface area contributed by atoms with E-state index in [1.54, 1.807) is 14.0 Å². The van der Waals surface area contributed by atoms with Crippen LogP contribution in [0.1, 0.15) is 64.5 Å². The molecular weight excluding hydrogens is 671 g/mol. The zero-order valence-electron chi connectivity index (χ0n) is 27.8. The van der Waals surface area contributed by atoms with E-state index in [0.29, 0.717) is 35.7 Å². The number of methoxy groups -OCH3 is 1. The molecule has 2 aromatic heterocycles. The molecule has 49 heavy (non-hydrogen) atoms. The van der Waals surface area contributed by atoms with Crippen LogP contribution in [0.2, 0.25) is 0 Å². The van der Waals surface area contributed by atoms with Crippen molar-refractivity contribution < 1.29 is 37.4 Å². The number of allylic oxidation sites excluding steroid dienone is 1. The molecular formula is C34H40N5O8S2-. The van der Waals surface area contributed by atoms with Crippen molar-refractivity contribution in [1.29, 1.82) is 0 Å². The Kier molecular flexibility index (Phi) is 10.3. The number of aromatic nitrogens is 2. The zero-order valence-corrected chi connectivity index (χ0v) is 29.4. The van der Waals surface area contributed by atoms with Gasteiger partial charge in [0.1, 0.15) is 46.0 Å². The molecule has 0 spiro atoms. The summed E-state index contributed by atoms with van der Waals surface area (Å²) >= 11 is -1.37. The Balaban J connectivity index is 1.32. The molecule has 2 fully saturated rings. The number of benzene rings is 1. The minimum Gasteiger partial charge on any atom is -0.755 e. The summed E-state index contributed by atoms with van der Waals surface area (Å²) in [6.07, 6.45) is 4.95. The van der Waals surface area contributed by atoms with E-state index in [4.69, 9.17) is 24.2 Å². The van der Waals surface area contributed by atoms with Gasteiger partial charge in [-0.05, 0) is 50.7 Å². The van der Waals surface area contributed by atoms with Crippen LogP contribution < -0.4 is 19.5 Å². The number of carbonyl (C=O) groups is 3. The van der Waals surface area contributed by atoms with E-state index in [0.717, 1.165) is 28.9 Å².